The highest BCUT2D eigenvalue weighted by Crippen LogP contribution is 2.27. The van der Waals surface area contributed by atoms with E-state index < -0.39 is 11.6 Å². The highest BCUT2D eigenvalue weighted by Gasteiger charge is 2.27. The number of ether oxygens (including phenoxy) is 1. The molecule has 2 aromatic carbocycles. The van der Waals surface area contributed by atoms with Gasteiger partial charge >= 0.3 is 0 Å². The highest BCUT2D eigenvalue weighted by atomic mass is 19.1. The van der Waals surface area contributed by atoms with E-state index >= 15 is 0 Å². The van der Waals surface area contributed by atoms with Crippen molar-refractivity contribution in [1.82, 2.24) is 10.1 Å². The second-order valence-electron chi connectivity index (χ2n) is 7.04. The molecule has 1 aliphatic heterocycles. The van der Waals surface area contributed by atoms with Gasteiger partial charge in [-0.2, -0.15) is 0 Å². The Hall–Kier alpha value is -3.22. The minimum Gasteiger partial charge on any atom is -0.482 e. The molecule has 1 atom stereocenters. The van der Waals surface area contributed by atoms with Gasteiger partial charge in [-0.05, 0) is 30.5 Å². The van der Waals surface area contributed by atoms with Gasteiger partial charge in [-0.3, -0.25) is 4.79 Å². The molecule has 4 rings (SSSR count). The van der Waals surface area contributed by atoms with Crippen LogP contribution < -0.4 is 4.74 Å². The van der Waals surface area contributed by atoms with E-state index in [9.17, 15) is 13.6 Å². The summed E-state index contributed by atoms with van der Waals surface area (Å²) in [7, 11) is 0. The minimum atomic E-state index is -0.805. The van der Waals surface area contributed by atoms with Crippen LogP contribution in [0.4, 0.5) is 8.78 Å². The van der Waals surface area contributed by atoms with E-state index in [2.05, 4.69) is 17.3 Å². The highest BCUT2D eigenvalue weighted by molar-refractivity contribution is 5.92. The summed E-state index contributed by atoms with van der Waals surface area (Å²) >= 11 is 0. The lowest BCUT2D eigenvalue weighted by Crippen LogP contribution is -2.39. The Morgan fingerprint density at radius 3 is 2.79 bits per heavy atom. The fraction of sp³-hybridized carbons (Fsp3) is 0.273. The number of amides is 1. The number of hydrogen-bond acceptors (Lipinski definition) is 4. The molecule has 2 heterocycles. The van der Waals surface area contributed by atoms with Crippen molar-refractivity contribution in [3.8, 4) is 5.75 Å². The molecule has 1 amide bonds. The van der Waals surface area contributed by atoms with E-state index in [4.69, 9.17) is 9.26 Å². The lowest BCUT2D eigenvalue weighted by Gasteiger charge is -2.32. The number of rotatable bonds is 5. The molecule has 3 aromatic rings. The van der Waals surface area contributed by atoms with E-state index in [1.54, 1.807) is 4.90 Å². The normalized spacial score (nSPS) is 16.6. The van der Waals surface area contributed by atoms with Gasteiger partial charge in [0.1, 0.15) is 12.4 Å². The van der Waals surface area contributed by atoms with E-state index in [-0.39, 0.29) is 29.7 Å². The van der Waals surface area contributed by atoms with Crippen molar-refractivity contribution in [1.29, 1.82) is 0 Å². The van der Waals surface area contributed by atoms with Crippen molar-refractivity contribution >= 4 is 5.91 Å². The van der Waals surface area contributed by atoms with Gasteiger partial charge in [0.05, 0.1) is 0 Å². The first kappa shape index (κ1) is 19.1. The Morgan fingerprint density at radius 1 is 1.17 bits per heavy atom. The summed E-state index contributed by atoms with van der Waals surface area (Å²) in [6, 6.07) is 14.7. The zero-order valence-electron chi connectivity index (χ0n) is 15.7. The molecule has 7 heteroatoms. The molecule has 0 N–H and O–H groups in total. The summed E-state index contributed by atoms with van der Waals surface area (Å²) < 4.78 is 37.0. The second-order valence-corrected chi connectivity index (χ2v) is 7.04. The van der Waals surface area contributed by atoms with Gasteiger partial charge in [0, 0.05) is 31.1 Å². The van der Waals surface area contributed by atoms with Gasteiger partial charge in [-0.15, -0.1) is 0 Å². The summed E-state index contributed by atoms with van der Waals surface area (Å²) in [4.78, 5) is 14.6. The number of carbonyl (C=O) groups excluding carboxylic acids is 1. The number of benzene rings is 2. The summed E-state index contributed by atoms with van der Waals surface area (Å²) in [5.74, 6) is -1.21. The maximum absolute atomic E-state index is 13.6. The average Bonchev–Trinajstić information content (AvgIpc) is 3.22. The van der Waals surface area contributed by atoms with Gasteiger partial charge in [0.15, 0.2) is 23.0 Å². The largest absolute Gasteiger partial charge is 0.482 e. The summed E-state index contributed by atoms with van der Waals surface area (Å²) in [6.07, 6.45) is 1.96. The van der Waals surface area contributed by atoms with Gasteiger partial charge in [-0.25, -0.2) is 8.78 Å². The zero-order chi connectivity index (χ0) is 20.2. The Morgan fingerprint density at radius 2 is 2.00 bits per heavy atom. The quantitative estimate of drug-likeness (QED) is 0.633. The second kappa shape index (κ2) is 8.43. The van der Waals surface area contributed by atoms with E-state index in [1.807, 2.05) is 18.2 Å². The first-order valence-corrected chi connectivity index (χ1v) is 9.48. The van der Waals surface area contributed by atoms with Gasteiger partial charge < -0.3 is 14.2 Å². The lowest BCUT2D eigenvalue weighted by atomic mass is 9.90. The molecule has 1 aromatic heterocycles. The smallest absolute Gasteiger partial charge is 0.276 e. The van der Waals surface area contributed by atoms with E-state index in [0.29, 0.717) is 19.0 Å². The van der Waals surface area contributed by atoms with Crippen LogP contribution in [0.15, 0.2) is 59.1 Å². The molecule has 150 valence electrons. The monoisotopic (exact) mass is 398 g/mol. The van der Waals surface area contributed by atoms with Crippen molar-refractivity contribution in [2.45, 2.75) is 25.4 Å². The van der Waals surface area contributed by atoms with Crippen molar-refractivity contribution in [3.05, 3.63) is 83.2 Å². The zero-order valence-corrected chi connectivity index (χ0v) is 15.7. The van der Waals surface area contributed by atoms with Crippen LogP contribution in [0.2, 0.25) is 0 Å². The Bertz CT molecular complexity index is 991. The molecule has 29 heavy (non-hydrogen) atoms. The van der Waals surface area contributed by atoms with Crippen LogP contribution >= 0.6 is 0 Å². The molecule has 5 nitrogen and oxygen atoms in total. The van der Waals surface area contributed by atoms with Crippen LogP contribution in [-0.4, -0.2) is 29.1 Å². The standard InChI is InChI=1S/C22H20F2N2O3/c23-17-8-9-21(19(24)11-17)28-14-18-12-20(25-29-18)22(27)26-10-4-7-16(13-26)15-5-2-1-3-6-15/h1-3,5-6,8-9,11-12,16H,4,7,10,13-14H2/t16-/m1/s1. The molecule has 1 fully saturated rings. The van der Waals surface area contributed by atoms with Crippen LogP contribution in [0.5, 0.6) is 5.75 Å². The lowest BCUT2D eigenvalue weighted by molar-refractivity contribution is 0.0696. The van der Waals surface area contributed by atoms with Crippen LogP contribution in [0.3, 0.4) is 0 Å². The summed E-state index contributed by atoms with van der Waals surface area (Å²) in [5, 5.41) is 3.84. The molecule has 0 aliphatic carbocycles. The van der Waals surface area contributed by atoms with Crippen LogP contribution in [0.25, 0.3) is 0 Å². The molecule has 0 unspecified atom stereocenters. The fourth-order valence-corrected chi connectivity index (χ4v) is 3.54. The van der Waals surface area contributed by atoms with Gasteiger partial charge in [-0.1, -0.05) is 35.5 Å². The maximum atomic E-state index is 13.6. The van der Waals surface area contributed by atoms with Crippen molar-refractivity contribution in [2.75, 3.05) is 13.1 Å². The SMILES string of the molecule is O=C(c1cc(COc2ccc(F)cc2F)on1)N1CCC[C@@H](c2ccccc2)C1. The summed E-state index contributed by atoms with van der Waals surface area (Å²) in [5.41, 5.74) is 1.41. The predicted octanol–water partition coefficient (Wildman–Crippen LogP) is 4.55. The number of likely N-dealkylation sites (tertiary alicyclic amines) is 1. The van der Waals surface area contributed by atoms with E-state index in [0.717, 1.165) is 25.0 Å². The fourth-order valence-electron chi connectivity index (χ4n) is 3.54. The van der Waals surface area contributed by atoms with Crippen molar-refractivity contribution in [3.63, 3.8) is 0 Å². The number of hydrogen-bond donors (Lipinski definition) is 0. The molecule has 1 aliphatic rings. The van der Waals surface area contributed by atoms with Crippen LogP contribution in [0, 0.1) is 11.6 Å². The summed E-state index contributed by atoms with van der Waals surface area (Å²) in [6.45, 7) is 1.18. The van der Waals surface area contributed by atoms with Crippen LogP contribution in [-0.2, 0) is 6.61 Å². The number of carbonyl (C=O) groups is 1. The molecular formula is C22H20F2N2O3. The first-order valence-electron chi connectivity index (χ1n) is 9.48. The number of piperidine rings is 1. The predicted molar refractivity (Wildman–Crippen MR) is 102 cm³/mol. The Kier molecular flexibility index (Phi) is 5.55. The van der Waals surface area contributed by atoms with Gasteiger partial charge in [0.25, 0.3) is 5.91 Å². The molecular weight excluding hydrogens is 378 g/mol. The first-order chi connectivity index (χ1) is 14.1. The number of aromatic nitrogens is 1. The maximum Gasteiger partial charge on any atom is 0.276 e. The Labute approximate surface area is 166 Å². The van der Waals surface area contributed by atoms with Crippen molar-refractivity contribution < 1.29 is 22.8 Å². The molecule has 0 saturated carbocycles. The molecule has 0 spiro atoms. The number of nitrogens with zero attached hydrogens (tertiary/aromatic N) is 2. The van der Waals surface area contributed by atoms with Gasteiger partial charge in [0.2, 0.25) is 0 Å². The molecule has 0 bridgehead atoms. The van der Waals surface area contributed by atoms with Crippen molar-refractivity contribution in [2.24, 2.45) is 0 Å². The minimum absolute atomic E-state index is 0.0996. The van der Waals surface area contributed by atoms with Crippen LogP contribution in [0.1, 0.15) is 40.6 Å². The molecule has 0 radical (unpaired) electrons. The Balaban J connectivity index is 1.39. The third-order valence-corrected chi connectivity index (χ3v) is 5.02. The number of halogens is 2. The van der Waals surface area contributed by atoms with E-state index in [1.165, 1.54) is 17.7 Å². The third-order valence-electron chi connectivity index (χ3n) is 5.02. The average molecular weight is 398 g/mol. The topological polar surface area (TPSA) is 55.6 Å². The molecule has 1 saturated heterocycles. The third kappa shape index (κ3) is 4.45.